The molecule has 0 bridgehead atoms. The molecule has 220 valence electrons. The van der Waals surface area contributed by atoms with Crippen molar-refractivity contribution in [2.45, 2.75) is 56.5 Å². The molecule has 4 aliphatic rings. The number of fused-ring (bicyclic) bond motifs is 2. The standard InChI is InChI=1S/C34H39N3O5/c1-3-18-35-19-10-16-33(2)27(30(35)39)28-31(40)37(26(23-38)21-24-12-6-4-7-13-24)29-32(41)36(20-11-17-34(28,29)42-33)22-25-14-8-5-9-15-25/h4-17,26-29,38H,3,18-23H2,1-2H3/t26-,27-,28+,29?,33+,34+/m1/s1. The van der Waals surface area contributed by atoms with Gasteiger partial charge in [0, 0.05) is 26.2 Å². The molecule has 2 fully saturated rings. The van der Waals surface area contributed by atoms with E-state index in [-0.39, 0.29) is 24.3 Å². The smallest absolute Gasteiger partial charge is 0.249 e. The van der Waals surface area contributed by atoms with Crippen LogP contribution in [-0.2, 0) is 32.1 Å². The second kappa shape index (κ2) is 11.2. The zero-order valence-electron chi connectivity index (χ0n) is 24.3. The van der Waals surface area contributed by atoms with Crippen molar-refractivity contribution in [1.29, 1.82) is 0 Å². The number of aliphatic hydroxyl groups excluding tert-OH is 1. The molecule has 8 heteroatoms. The van der Waals surface area contributed by atoms with Gasteiger partial charge in [-0.05, 0) is 30.9 Å². The molecule has 1 unspecified atom stereocenters. The van der Waals surface area contributed by atoms with E-state index in [0.29, 0.717) is 32.6 Å². The molecule has 1 spiro atoms. The van der Waals surface area contributed by atoms with Gasteiger partial charge in [-0.2, -0.15) is 0 Å². The highest BCUT2D eigenvalue weighted by molar-refractivity contribution is 6.00. The second-order valence-electron chi connectivity index (χ2n) is 12.1. The fourth-order valence-corrected chi connectivity index (χ4v) is 7.51. The largest absolute Gasteiger partial charge is 0.394 e. The minimum absolute atomic E-state index is 0.130. The van der Waals surface area contributed by atoms with E-state index in [0.717, 1.165) is 17.5 Å². The van der Waals surface area contributed by atoms with Gasteiger partial charge in [0.05, 0.1) is 30.1 Å². The van der Waals surface area contributed by atoms with Gasteiger partial charge in [0.2, 0.25) is 17.7 Å². The van der Waals surface area contributed by atoms with Gasteiger partial charge in [-0.25, -0.2) is 0 Å². The quantitative estimate of drug-likeness (QED) is 0.494. The molecule has 3 amide bonds. The topological polar surface area (TPSA) is 90.4 Å². The summed E-state index contributed by atoms with van der Waals surface area (Å²) in [6.45, 7) is 5.31. The van der Waals surface area contributed by atoms with E-state index in [2.05, 4.69) is 0 Å². The number of carbonyl (C=O) groups is 3. The van der Waals surface area contributed by atoms with Crippen LogP contribution in [0.1, 0.15) is 31.4 Å². The Morgan fingerprint density at radius 2 is 1.50 bits per heavy atom. The summed E-state index contributed by atoms with van der Waals surface area (Å²) in [5.41, 5.74) is -0.486. The predicted octanol–water partition coefficient (Wildman–Crippen LogP) is 2.97. The zero-order valence-corrected chi connectivity index (χ0v) is 24.3. The van der Waals surface area contributed by atoms with E-state index >= 15 is 0 Å². The molecule has 2 aromatic carbocycles. The van der Waals surface area contributed by atoms with Gasteiger partial charge in [0.15, 0.2) is 0 Å². The maximum atomic E-state index is 14.7. The number of hydrogen-bond acceptors (Lipinski definition) is 5. The number of rotatable bonds is 8. The number of hydrogen-bond donors (Lipinski definition) is 1. The van der Waals surface area contributed by atoms with Gasteiger partial charge in [-0.1, -0.05) is 91.9 Å². The van der Waals surface area contributed by atoms with Crippen molar-refractivity contribution in [3.63, 3.8) is 0 Å². The van der Waals surface area contributed by atoms with Gasteiger partial charge in [-0.15, -0.1) is 0 Å². The Hall–Kier alpha value is -3.75. The monoisotopic (exact) mass is 569 g/mol. The van der Waals surface area contributed by atoms with E-state index in [4.69, 9.17) is 4.74 Å². The summed E-state index contributed by atoms with van der Waals surface area (Å²) in [6.07, 6.45) is 8.78. The number of nitrogens with zero attached hydrogens (tertiary/aromatic N) is 3. The molecular weight excluding hydrogens is 530 g/mol. The lowest BCUT2D eigenvalue weighted by molar-refractivity contribution is -0.156. The molecule has 1 N–H and O–H groups in total. The number of benzene rings is 2. The third-order valence-electron chi connectivity index (χ3n) is 9.29. The van der Waals surface area contributed by atoms with Crippen molar-refractivity contribution in [2.24, 2.45) is 11.8 Å². The van der Waals surface area contributed by atoms with Crippen LogP contribution in [0.25, 0.3) is 0 Å². The first-order chi connectivity index (χ1) is 20.3. The van der Waals surface area contributed by atoms with Crippen LogP contribution in [0.3, 0.4) is 0 Å². The van der Waals surface area contributed by atoms with Gasteiger partial charge in [-0.3, -0.25) is 14.4 Å². The summed E-state index contributed by atoms with van der Waals surface area (Å²) in [5.74, 6) is -2.38. The Morgan fingerprint density at radius 1 is 0.857 bits per heavy atom. The average molecular weight is 570 g/mol. The molecule has 8 nitrogen and oxygen atoms in total. The van der Waals surface area contributed by atoms with Crippen molar-refractivity contribution < 1.29 is 24.2 Å². The molecule has 0 radical (unpaired) electrons. The third-order valence-corrected chi connectivity index (χ3v) is 9.29. The Morgan fingerprint density at radius 3 is 2.17 bits per heavy atom. The highest BCUT2D eigenvalue weighted by Crippen LogP contribution is 2.58. The Balaban J connectivity index is 1.46. The Bertz CT molecular complexity index is 1390. The number of likely N-dealkylation sites (tertiary alicyclic amines) is 1. The molecule has 6 rings (SSSR count). The number of ether oxygens (including phenoxy) is 1. The summed E-state index contributed by atoms with van der Waals surface area (Å²) < 4.78 is 6.93. The first-order valence-electron chi connectivity index (χ1n) is 15.0. The summed E-state index contributed by atoms with van der Waals surface area (Å²) in [7, 11) is 0. The zero-order chi connectivity index (χ0) is 29.5. The van der Waals surface area contributed by atoms with Crippen LogP contribution in [0.5, 0.6) is 0 Å². The summed E-state index contributed by atoms with van der Waals surface area (Å²) in [4.78, 5) is 48.6. The fraction of sp³-hybridized carbons (Fsp3) is 0.441. The normalized spacial score (nSPS) is 31.1. The molecule has 0 saturated carbocycles. The second-order valence-corrected chi connectivity index (χ2v) is 12.1. The lowest BCUT2D eigenvalue weighted by Crippen LogP contribution is -2.59. The third kappa shape index (κ3) is 4.57. The Labute approximate surface area is 247 Å². The van der Waals surface area contributed by atoms with Crippen LogP contribution in [0.2, 0.25) is 0 Å². The molecule has 2 saturated heterocycles. The minimum Gasteiger partial charge on any atom is -0.394 e. The maximum absolute atomic E-state index is 14.7. The van der Waals surface area contributed by atoms with Crippen molar-refractivity contribution in [3.05, 3.63) is 96.1 Å². The average Bonchev–Trinajstić information content (AvgIpc) is 3.28. The highest BCUT2D eigenvalue weighted by Gasteiger charge is 2.75. The van der Waals surface area contributed by atoms with Crippen LogP contribution >= 0.6 is 0 Å². The summed E-state index contributed by atoms with van der Waals surface area (Å²) >= 11 is 0. The van der Waals surface area contributed by atoms with E-state index in [1.165, 1.54) is 0 Å². The lowest BCUT2D eigenvalue weighted by Gasteiger charge is -2.40. The van der Waals surface area contributed by atoms with Crippen molar-refractivity contribution >= 4 is 17.7 Å². The van der Waals surface area contributed by atoms with Gasteiger partial charge < -0.3 is 24.5 Å². The van der Waals surface area contributed by atoms with Crippen molar-refractivity contribution in [2.75, 3.05) is 26.2 Å². The van der Waals surface area contributed by atoms with E-state index < -0.39 is 35.1 Å². The van der Waals surface area contributed by atoms with E-state index in [1.54, 1.807) is 14.7 Å². The Kier molecular flexibility index (Phi) is 7.53. The first kappa shape index (κ1) is 28.4. The van der Waals surface area contributed by atoms with Crippen molar-refractivity contribution in [3.8, 4) is 0 Å². The first-order valence-corrected chi connectivity index (χ1v) is 15.0. The minimum atomic E-state index is -1.35. The molecule has 4 heterocycles. The van der Waals surface area contributed by atoms with Crippen LogP contribution < -0.4 is 0 Å². The summed E-state index contributed by atoms with van der Waals surface area (Å²) in [5, 5.41) is 10.7. The van der Waals surface area contributed by atoms with E-state index in [1.807, 2.05) is 98.8 Å². The molecule has 0 aromatic heterocycles. The molecule has 0 aliphatic carbocycles. The van der Waals surface area contributed by atoms with Gasteiger partial charge in [0.25, 0.3) is 0 Å². The lowest BCUT2D eigenvalue weighted by atomic mass is 9.74. The maximum Gasteiger partial charge on any atom is 0.249 e. The molecule has 2 aromatic rings. The van der Waals surface area contributed by atoms with Gasteiger partial charge >= 0.3 is 0 Å². The van der Waals surface area contributed by atoms with Crippen LogP contribution in [0.15, 0.2) is 85.0 Å². The summed E-state index contributed by atoms with van der Waals surface area (Å²) in [6, 6.07) is 17.7. The number of carbonyl (C=O) groups excluding carboxylic acids is 3. The molecule has 4 aliphatic heterocycles. The molecule has 6 atom stereocenters. The van der Waals surface area contributed by atoms with Gasteiger partial charge in [0.1, 0.15) is 11.6 Å². The van der Waals surface area contributed by atoms with Crippen LogP contribution in [0.4, 0.5) is 0 Å². The van der Waals surface area contributed by atoms with Crippen LogP contribution in [-0.4, -0.2) is 87.1 Å². The number of amides is 3. The molecule has 42 heavy (non-hydrogen) atoms. The number of aliphatic hydroxyl groups is 1. The van der Waals surface area contributed by atoms with E-state index in [9.17, 15) is 19.5 Å². The molecular formula is C34H39N3O5. The fourth-order valence-electron chi connectivity index (χ4n) is 7.51. The van der Waals surface area contributed by atoms with Crippen LogP contribution in [0, 0.1) is 11.8 Å². The van der Waals surface area contributed by atoms with Crippen molar-refractivity contribution in [1.82, 2.24) is 14.7 Å². The SMILES string of the molecule is CCCN1CC=C[C@]2(C)O[C@]34C=CCN(Cc5ccccc5)C(=O)C3N([C@@H](CO)Cc3ccccc3)C(=O)[C@@H]4[C@@H]2C1=O. The highest BCUT2D eigenvalue weighted by atomic mass is 16.5. The predicted molar refractivity (Wildman–Crippen MR) is 158 cm³/mol.